The lowest BCUT2D eigenvalue weighted by Crippen LogP contribution is -2.14. The first kappa shape index (κ1) is 14.8. The lowest BCUT2D eigenvalue weighted by molar-refractivity contribution is 0.102. The zero-order valence-corrected chi connectivity index (χ0v) is 12.8. The fourth-order valence-corrected chi connectivity index (χ4v) is 2.32. The number of benzene rings is 1. The number of carbonyl (C=O) groups excluding carboxylic acids is 1. The molecular weight excluding hydrogens is 292 g/mol. The highest BCUT2D eigenvalue weighted by molar-refractivity contribution is 6.05. The summed E-state index contributed by atoms with van der Waals surface area (Å²) in [7, 11) is 0. The summed E-state index contributed by atoms with van der Waals surface area (Å²) in [5.41, 5.74) is 3.14. The molecule has 6 heteroatoms. The number of carbonyl (C=O) groups is 1. The quantitative estimate of drug-likeness (QED) is 0.779. The van der Waals surface area contributed by atoms with Gasteiger partial charge in [0.2, 0.25) is 0 Å². The zero-order valence-electron chi connectivity index (χ0n) is 12.8. The molecule has 3 aromatic rings. The van der Waals surface area contributed by atoms with Crippen molar-refractivity contribution in [2.75, 3.05) is 5.32 Å². The number of anilines is 1. The van der Waals surface area contributed by atoms with Crippen LogP contribution < -0.4 is 5.32 Å². The maximum absolute atomic E-state index is 12.4. The van der Waals surface area contributed by atoms with Crippen LogP contribution in [0.5, 0.6) is 5.75 Å². The average molecular weight is 308 g/mol. The number of amides is 1. The summed E-state index contributed by atoms with van der Waals surface area (Å²) in [5, 5.41) is 16.6. The Morgan fingerprint density at radius 2 is 2.04 bits per heavy atom. The largest absolute Gasteiger partial charge is 0.504 e. The van der Waals surface area contributed by atoms with Gasteiger partial charge in [0.1, 0.15) is 0 Å². The summed E-state index contributed by atoms with van der Waals surface area (Å²) in [4.78, 5) is 16.3. The molecule has 6 nitrogen and oxygen atoms in total. The Hall–Kier alpha value is -3.15. The van der Waals surface area contributed by atoms with Crippen molar-refractivity contribution in [2.45, 2.75) is 13.8 Å². The number of rotatable bonds is 3. The van der Waals surface area contributed by atoms with E-state index in [-0.39, 0.29) is 17.5 Å². The molecule has 3 rings (SSSR count). The van der Waals surface area contributed by atoms with Gasteiger partial charge in [-0.3, -0.25) is 4.79 Å². The lowest BCUT2D eigenvalue weighted by atomic mass is 10.2. The van der Waals surface area contributed by atoms with Crippen LogP contribution in [-0.4, -0.2) is 25.8 Å². The molecule has 0 unspecified atom stereocenters. The molecule has 2 heterocycles. The number of hydrogen-bond donors (Lipinski definition) is 2. The minimum absolute atomic E-state index is 0.0791. The first-order chi connectivity index (χ1) is 11.1. The molecule has 23 heavy (non-hydrogen) atoms. The minimum atomic E-state index is -0.365. The SMILES string of the molecule is Cc1cccc(-n2ncc(C(=O)Nc3ncccc3O)c2C)c1. The second-order valence-electron chi connectivity index (χ2n) is 5.22. The van der Waals surface area contributed by atoms with Gasteiger partial charge in [0, 0.05) is 6.20 Å². The van der Waals surface area contributed by atoms with Crippen LogP contribution in [0.4, 0.5) is 5.82 Å². The summed E-state index contributed by atoms with van der Waals surface area (Å²) >= 11 is 0. The van der Waals surface area contributed by atoms with E-state index in [4.69, 9.17) is 0 Å². The highest BCUT2D eigenvalue weighted by atomic mass is 16.3. The van der Waals surface area contributed by atoms with Crippen molar-refractivity contribution < 1.29 is 9.90 Å². The predicted octanol–water partition coefficient (Wildman–Crippen LogP) is 2.84. The molecule has 0 aliphatic carbocycles. The van der Waals surface area contributed by atoms with E-state index < -0.39 is 0 Å². The molecule has 0 saturated heterocycles. The molecule has 116 valence electrons. The molecule has 1 amide bonds. The van der Waals surface area contributed by atoms with Gasteiger partial charge in [0.05, 0.1) is 23.1 Å². The zero-order chi connectivity index (χ0) is 16.4. The summed E-state index contributed by atoms with van der Waals surface area (Å²) in [6, 6.07) is 10.9. The Morgan fingerprint density at radius 3 is 2.78 bits per heavy atom. The third-order valence-electron chi connectivity index (χ3n) is 3.52. The van der Waals surface area contributed by atoms with Gasteiger partial charge in [0.15, 0.2) is 11.6 Å². The van der Waals surface area contributed by atoms with E-state index >= 15 is 0 Å². The topological polar surface area (TPSA) is 80.0 Å². The fraction of sp³-hybridized carbons (Fsp3) is 0.118. The van der Waals surface area contributed by atoms with Crippen LogP contribution in [0.15, 0.2) is 48.8 Å². The van der Waals surface area contributed by atoms with Gasteiger partial charge in [-0.05, 0) is 43.7 Å². The van der Waals surface area contributed by atoms with E-state index in [0.29, 0.717) is 11.3 Å². The van der Waals surface area contributed by atoms with Crippen LogP contribution >= 0.6 is 0 Å². The van der Waals surface area contributed by atoms with Crippen molar-refractivity contribution in [2.24, 2.45) is 0 Å². The van der Waals surface area contributed by atoms with E-state index in [9.17, 15) is 9.90 Å². The van der Waals surface area contributed by atoms with Gasteiger partial charge in [-0.1, -0.05) is 12.1 Å². The van der Waals surface area contributed by atoms with Gasteiger partial charge in [-0.15, -0.1) is 0 Å². The van der Waals surface area contributed by atoms with Gasteiger partial charge in [-0.25, -0.2) is 9.67 Å². The second kappa shape index (κ2) is 5.92. The monoisotopic (exact) mass is 308 g/mol. The van der Waals surface area contributed by atoms with Crippen molar-refractivity contribution in [3.8, 4) is 11.4 Å². The Bertz CT molecular complexity index is 871. The standard InChI is InChI=1S/C17H16N4O2/c1-11-5-3-6-13(9-11)21-12(2)14(10-19-21)17(23)20-16-15(22)7-4-8-18-16/h3-10,22H,1-2H3,(H,18,20,23). The molecule has 0 saturated carbocycles. The van der Waals surface area contributed by atoms with E-state index in [0.717, 1.165) is 11.3 Å². The van der Waals surface area contributed by atoms with Gasteiger partial charge >= 0.3 is 0 Å². The van der Waals surface area contributed by atoms with Crippen LogP contribution in [-0.2, 0) is 0 Å². The summed E-state index contributed by atoms with van der Waals surface area (Å²) in [5.74, 6) is -0.319. The van der Waals surface area contributed by atoms with Crippen molar-refractivity contribution in [1.29, 1.82) is 0 Å². The first-order valence-electron chi connectivity index (χ1n) is 7.13. The summed E-state index contributed by atoms with van der Waals surface area (Å²) in [6.45, 7) is 3.82. The predicted molar refractivity (Wildman–Crippen MR) is 86.9 cm³/mol. The molecule has 0 atom stereocenters. The van der Waals surface area contributed by atoms with E-state index in [1.165, 1.54) is 18.5 Å². The summed E-state index contributed by atoms with van der Waals surface area (Å²) < 4.78 is 1.71. The van der Waals surface area contributed by atoms with E-state index in [1.54, 1.807) is 10.7 Å². The molecule has 0 aliphatic rings. The maximum atomic E-state index is 12.4. The van der Waals surface area contributed by atoms with E-state index in [2.05, 4.69) is 15.4 Å². The Kier molecular flexibility index (Phi) is 3.80. The molecule has 0 bridgehead atoms. The number of aromatic nitrogens is 3. The van der Waals surface area contributed by atoms with Crippen LogP contribution in [0, 0.1) is 13.8 Å². The number of nitrogens with one attached hydrogen (secondary N) is 1. The number of hydrogen-bond acceptors (Lipinski definition) is 4. The molecule has 0 spiro atoms. The summed E-state index contributed by atoms with van der Waals surface area (Å²) in [6.07, 6.45) is 3.01. The molecule has 2 aromatic heterocycles. The van der Waals surface area contributed by atoms with Gasteiger partial charge in [-0.2, -0.15) is 5.10 Å². The fourth-order valence-electron chi connectivity index (χ4n) is 2.32. The number of aryl methyl sites for hydroxylation is 1. The normalized spacial score (nSPS) is 10.5. The van der Waals surface area contributed by atoms with Crippen LogP contribution in [0.1, 0.15) is 21.6 Å². The number of nitrogens with zero attached hydrogens (tertiary/aromatic N) is 3. The molecule has 0 aliphatic heterocycles. The van der Waals surface area contributed by atoms with Crippen molar-refractivity contribution in [3.05, 3.63) is 65.6 Å². The molecule has 0 fully saturated rings. The molecule has 0 radical (unpaired) electrons. The average Bonchev–Trinajstić information content (AvgIpc) is 2.91. The van der Waals surface area contributed by atoms with Gasteiger partial charge in [0.25, 0.3) is 5.91 Å². The third-order valence-corrected chi connectivity index (χ3v) is 3.52. The van der Waals surface area contributed by atoms with Crippen molar-refractivity contribution in [1.82, 2.24) is 14.8 Å². The first-order valence-corrected chi connectivity index (χ1v) is 7.13. The van der Waals surface area contributed by atoms with Crippen LogP contribution in [0.25, 0.3) is 5.69 Å². The Labute approximate surface area is 133 Å². The smallest absolute Gasteiger partial charge is 0.260 e. The van der Waals surface area contributed by atoms with E-state index in [1.807, 2.05) is 38.1 Å². The highest BCUT2D eigenvalue weighted by Gasteiger charge is 2.16. The lowest BCUT2D eigenvalue weighted by Gasteiger charge is -2.07. The maximum Gasteiger partial charge on any atom is 0.260 e. The van der Waals surface area contributed by atoms with Crippen molar-refractivity contribution in [3.63, 3.8) is 0 Å². The third kappa shape index (κ3) is 2.91. The minimum Gasteiger partial charge on any atom is -0.504 e. The Balaban J connectivity index is 1.90. The van der Waals surface area contributed by atoms with Crippen LogP contribution in [0.3, 0.4) is 0 Å². The molecular formula is C17H16N4O2. The molecule has 2 N–H and O–H groups in total. The number of aromatic hydroxyl groups is 1. The second-order valence-corrected chi connectivity index (χ2v) is 5.22. The number of pyridine rings is 1. The highest BCUT2D eigenvalue weighted by Crippen LogP contribution is 2.21. The van der Waals surface area contributed by atoms with Crippen LogP contribution in [0.2, 0.25) is 0 Å². The van der Waals surface area contributed by atoms with Crippen molar-refractivity contribution >= 4 is 11.7 Å². The molecule has 1 aromatic carbocycles. The Morgan fingerprint density at radius 1 is 1.22 bits per heavy atom. The van der Waals surface area contributed by atoms with Gasteiger partial charge < -0.3 is 10.4 Å².